The van der Waals surface area contributed by atoms with Gasteiger partial charge in [-0.05, 0) is 49.4 Å². The third-order valence-corrected chi connectivity index (χ3v) is 5.77. The van der Waals surface area contributed by atoms with Crippen molar-refractivity contribution in [2.24, 2.45) is 0 Å². The number of carbonyl (C=O) groups excluding carboxylic acids is 2. The molecular formula is C18H18ClFN2O2S. The second kappa shape index (κ2) is 7.97. The summed E-state index contributed by atoms with van der Waals surface area (Å²) in [6, 6.07) is 6.14. The summed E-state index contributed by atoms with van der Waals surface area (Å²) in [5.41, 5.74) is 6.05. The minimum atomic E-state index is -0.545. The van der Waals surface area contributed by atoms with Crippen molar-refractivity contribution < 1.29 is 14.0 Å². The number of halogens is 2. The van der Waals surface area contributed by atoms with Crippen LogP contribution < -0.4 is 10.9 Å². The Hall–Kier alpha value is -1.92. The number of nitrogens with one attached hydrogen (secondary N) is 2. The Labute approximate surface area is 154 Å². The van der Waals surface area contributed by atoms with Crippen molar-refractivity contribution in [3.63, 3.8) is 0 Å². The van der Waals surface area contributed by atoms with Crippen LogP contribution in [0.25, 0.3) is 0 Å². The van der Waals surface area contributed by atoms with Gasteiger partial charge < -0.3 is 0 Å². The number of rotatable bonds is 3. The molecule has 4 nitrogen and oxygen atoms in total. The zero-order valence-corrected chi connectivity index (χ0v) is 15.1. The van der Waals surface area contributed by atoms with Gasteiger partial charge in [0.05, 0.1) is 11.3 Å². The second-order valence-corrected chi connectivity index (χ2v) is 7.54. The Kier molecular flexibility index (Phi) is 5.71. The molecule has 1 heterocycles. The molecule has 1 aromatic carbocycles. The van der Waals surface area contributed by atoms with Crippen molar-refractivity contribution in [2.75, 3.05) is 0 Å². The molecule has 0 aliphatic heterocycles. The topological polar surface area (TPSA) is 58.2 Å². The first-order chi connectivity index (χ1) is 12.0. The molecule has 25 heavy (non-hydrogen) atoms. The Bertz CT molecular complexity index is 763. The number of benzene rings is 1. The molecule has 1 aliphatic rings. The maximum atomic E-state index is 13.7. The van der Waals surface area contributed by atoms with Crippen LogP contribution in [0, 0.1) is 5.82 Å². The summed E-state index contributed by atoms with van der Waals surface area (Å²) < 4.78 is 13.7. The van der Waals surface area contributed by atoms with E-state index in [0.717, 1.165) is 25.7 Å². The SMILES string of the molecule is O=C(Cc1c(F)cccc1Cl)NNC(=O)c1cc2c(s1)CCCCC2. The molecule has 0 saturated carbocycles. The molecule has 0 spiro atoms. The van der Waals surface area contributed by atoms with Gasteiger partial charge in [-0.25, -0.2) is 4.39 Å². The molecule has 1 aromatic heterocycles. The molecule has 1 aliphatic carbocycles. The average Bonchev–Trinajstić information content (AvgIpc) is 2.87. The third kappa shape index (κ3) is 4.38. The molecule has 0 unspecified atom stereocenters. The van der Waals surface area contributed by atoms with Crippen molar-refractivity contribution in [1.29, 1.82) is 0 Å². The van der Waals surface area contributed by atoms with E-state index in [0.29, 0.717) is 4.88 Å². The average molecular weight is 381 g/mol. The van der Waals surface area contributed by atoms with Crippen LogP contribution in [-0.4, -0.2) is 11.8 Å². The smallest absolute Gasteiger partial charge is 0.273 e. The first kappa shape index (κ1) is 17.9. The monoisotopic (exact) mass is 380 g/mol. The lowest BCUT2D eigenvalue weighted by atomic mass is 10.1. The lowest BCUT2D eigenvalue weighted by molar-refractivity contribution is -0.121. The van der Waals surface area contributed by atoms with Gasteiger partial charge >= 0.3 is 0 Å². The van der Waals surface area contributed by atoms with Crippen LogP contribution in [0.1, 0.15) is 44.9 Å². The van der Waals surface area contributed by atoms with Crippen molar-refractivity contribution in [2.45, 2.75) is 38.5 Å². The number of carbonyl (C=O) groups is 2. The van der Waals surface area contributed by atoms with E-state index < -0.39 is 11.7 Å². The highest BCUT2D eigenvalue weighted by atomic mass is 35.5. The van der Waals surface area contributed by atoms with Crippen LogP contribution in [0.3, 0.4) is 0 Å². The van der Waals surface area contributed by atoms with E-state index in [1.807, 2.05) is 6.07 Å². The molecule has 0 saturated heterocycles. The molecule has 0 atom stereocenters. The van der Waals surface area contributed by atoms with Crippen LogP contribution in [0.5, 0.6) is 0 Å². The predicted molar refractivity (Wildman–Crippen MR) is 96.3 cm³/mol. The quantitative estimate of drug-likeness (QED) is 0.628. The minimum Gasteiger partial charge on any atom is -0.273 e. The van der Waals surface area contributed by atoms with Crippen molar-refractivity contribution in [1.82, 2.24) is 10.9 Å². The van der Waals surface area contributed by atoms with Crippen molar-refractivity contribution in [3.8, 4) is 0 Å². The highest BCUT2D eigenvalue weighted by molar-refractivity contribution is 7.14. The Morgan fingerprint density at radius 3 is 2.76 bits per heavy atom. The van der Waals surface area contributed by atoms with E-state index in [1.54, 1.807) is 0 Å². The van der Waals surface area contributed by atoms with Crippen LogP contribution in [0.2, 0.25) is 5.02 Å². The van der Waals surface area contributed by atoms with E-state index in [4.69, 9.17) is 11.6 Å². The normalized spacial score (nSPS) is 13.7. The van der Waals surface area contributed by atoms with E-state index in [1.165, 1.54) is 46.4 Å². The summed E-state index contributed by atoms with van der Waals surface area (Å²) in [7, 11) is 0. The first-order valence-electron chi connectivity index (χ1n) is 8.18. The van der Waals surface area contributed by atoms with Crippen molar-refractivity contribution in [3.05, 3.63) is 56.0 Å². The van der Waals surface area contributed by atoms with Crippen LogP contribution in [0.15, 0.2) is 24.3 Å². The number of aryl methyl sites for hydroxylation is 2. The Balaban J connectivity index is 1.58. The summed E-state index contributed by atoms with van der Waals surface area (Å²) in [5.74, 6) is -1.43. The summed E-state index contributed by atoms with van der Waals surface area (Å²) in [4.78, 5) is 26.0. The molecule has 0 radical (unpaired) electrons. The number of hydrogen-bond acceptors (Lipinski definition) is 3. The molecule has 2 N–H and O–H groups in total. The van der Waals surface area contributed by atoms with Gasteiger partial charge in [0.15, 0.2) is 0 Å². The molecule has 2 aromatic rings. The maximum absolute atomic E-state index is 13.7. The van der Waals surface area contributed by atoms with Gasteiger partial charge in [-0.2, -0.15) is 0 Å². The van der Waals surface area contributed by atoms with Gasteiger partial charge in [0.2, 0.25) is 5.91 Å². The van der Waals surface area contributed by atoms with Gasteiger partial charge in [-0.15, -0.1) is 11.3 Å². The predicted octanol–water partition coefficient (Wildman–Crippen LogP) is 3.81. The Morgan fingerprint density at radius 2 is 1.96 bits per heavy atom. The number of fused-ring (bicyclic) bond motifs is 1. The van der Waals surface area contributed by atoms with E-state index in [2.05, 4.69) is 10.9 Å². The van der Waals surface area contributed by atoms with Crippen LogP contribution in [0.4, 0.5) is 4.39 Å². The van der Waals surface area contributed by atoms with Gasteiger partial charge in [0, 0.05) is 15.5 Å². The van der Waals surface area contributed by atoms with Gasteiger partial charge in [0.25, 0.3) is 5.91 Å². The number of hydrogen-bond donors (Lipinski definition) is 2. The molecule has 2 amide bonds. The van der Waals surface area contributed by atoms with Crippen molar-refractivity contribution >= 4 is 34.8 Å². The number of thiophene rings is 1. The largest absolute Gasteiger partial charge is 0.279 e. The molecule has 3 rings (SSSR count). The molecule has 0 bridgehead atoms. The lowest BCUT2D eigenvalue weighted by Crippen LogP contribution is -2.42. The fourth-order valence-electron chi connectivity index (χ4n) is 2.87. The number of hydrazine groups is 1. The highest BCUT2D eigenvalue weighted by Gasteiger charge is 2.17. The maximum Gasteiger partial charge on any atom is 0.279 e. The fourth-order valence-corrected chi connectivity index (χ4v) is 4.25. The zero-order chi connectivity index (χ0) is 17.8. The molecular weight excluding hydrogens is 363 g/mol. The zero-order valence-electron chi connectivity index (χ0n) is 13.5. The summed E-state index contributed by atoms with van der Waals surface area (Å²) >= 11 is 7.37. The molecule has 7 heteroatoms. The summed E-state index contributed by atoms with van der Waals surface area (Å²) in [5, 5.41) is 0.184. The Morgan fingerprint density at radius 1 is 1.16 bits per heavy atom. The van der Waals surface area contributed by atoms with Crippen LogP contribution in [-0.2, 0) is 24.1 Å². The van der Waals surface area contributed by atoms with Gasteiger partial charge in [0.1, 0.15) is 5.82 Å². The summed E-state index contributed by atoms with van der Waals surface area (Å²) in [6.45, 7) is 0. The van der Waals surface area contributed by atoms with E-state index in [9.17, 15) is 14.0 Å². The number of amides is 2. The van der Waals surface area contributed by atoms with Gasteiger partial charge in [-0.3, -0.25) is 20.4 Å². The second-order valence-electron chi connectivity index (χ2n) is 6.00. The van der Waals surface area contributed by atoms with Gasteiger partial charge in [-0.1, -0.05) is 24.1 Å². The lowest BCUT2D eigenvalue weighted by Gasteiger charge is -2.08. The summed E-state index contributed by atoms with van der Waals surface area (Å²) in [6.07, 6.45) is 5.27. The van der Waals surface area contributed by atoms with E-state index in [-0.39, 0.29) is 22.9 Å². The first-order valence-corrected chi connectivity index (χ1v) is 9.37. The molecule has 0 fully saturated rings. The van der Waals surface area contributed by atoms with Crippen LogP contribution >= 0.6 is 22.9 Å². The molecule has 132 valence electrons. The standard InChI is InChI=1S/C18H18ClFN2O2S/c19-13-6-4-7-14(20)12(13)10-17(23)21-22-18(24)16-9-11-5-2-1-3-8-15(11)25-16/h4,6-7,9H,1-3,5,8,10H2,(H,21,23)(H,22,24). The minimum absolute atomic E-state index is 0.110. The third-order valence-electron chi connectivity index (χ3n) is 4.18. The van der Waals surface area contributed by atoms with E-state index >= 15 is 0 Å². The highest BCUT2D eigenvalue weighted by Crippen LogP contribution is 2.28. The fraction of sp³-hybridized carbons (Fsp3) is 0.333.